The highest BCUT2D eigenvalue weighted by Gasteiger charge is 2.21. The summed E-state index contributed by atoms with van der Waals surface area (Å²) < 4.78 is 13.3. The second-order valence-corrected chi connectivity index (χ2v) is 6.07. The predicted molar refractivity (Wildman–Crippen MR) is 85.2 cm³/mol. The molecule has 3 rings (SSSR count). The summed E-state index contributed by atoms with van der Waals surface area (Å²) in [5, 5.41) is 0. The highest BCUT2D eigenvalue weighted by atomic mass is 16.5. The van der Waals surface area contributed by atoms with Gasteiger partial charge in [-0.3, -0.25) is 0 Å². The molecule has 0 saturated carbocycles. The predicted octanol–water partition coefficient (Wildman–Crippen LogP) is 3.93. The van der Waals surface area contributed by atoms with E-state index in [9.17, 15) is 0 Å². The van der Waals surface area contributed by atoms with Gasteiger partial charge in [-0.25, -0.2) is 0 Å². The number of benzene rings is 1. The number of aromatic nitrogens is 1. The van der Waals surface area contributed by atoms with Crippen molar-refractivity contribution in [3.63, 3.8) is 0 Å². The van der Waals surface area contributed by atoms with Crippen LogP contribution in [0.4, 0.5) is 0 Å². The van der Waals surface area contributed by atoms with Gasteiger partial charge < -0.3 is 14.0 Å². The Morgan fingerprint density at radius 1 is 1.10 bits per heavy atom. The summed E-state index contributed by atoms with van der Waals surface area (Å²) in [5.41, 5.74) is 5.34. The monoisotopic (exact) mass is 285 g/mol. The maximum absolute atomic E-state index is 5.45. The van der Waals surface area contributed by atoms with E-state index in [4.69, 9.17) is 9.47 Å². The number of aryl methyl sites for hydroxylation is 1. The van der Waals surface area contributed by atoms with Crippen molar-refractivity contribution >= 4 is 0 Å². The molecule has 2 heterocycles. The molecule has 1 aromatic heterocycles. The van der Waals surface area contributed by atoms with E-state index in [0.717, 1.165) is 30.9 Å². The molecule has 0 amide bonds. The van der Waals surface area contributed by atoms with E-state index >= 15 is 0 Å². The van der Waals surface area contributed by atoms with Gasteiger partial charge in [0.25, 0.3) is 0 Å². The fourth-order valence-corrected chi connectivity index (χ4v) is 3.20. The Balaban J connectivity index is 2.08. The molecule has 0 saturated heterocycles. The van der Waals surface area contributed by atoms with Crippen LogP contribution in [0.2, 0.25) is 0 Å². The molecule has 0 radical (unpaired) electrons. The molecule has 1 aliphatic rings. The van der Waals surface area contributed by atoms with Gasteiger partial charge in [0, 0.05) is 23.5 Å². The minimum Gasteiger partial charge on any atom is -0.493 e. The second-order valence-electron chi connectivity index (χ2n) is 6.07. The fraction of sp³-hybridized carbons (Fsp3) is 0.444. The topological polar surface area (TPSA) is 23.4 Å². The van der Waals surface area contributed by atoms with Crippen LogP contribution >= 0.6 is 0 Å². The quantitative estimate of drug-likeness (QED) is 0.849. The van der Waals surface area contributed by atoms with Crippen LogP contribution in [-0.2, 0) is 19.4 Å². The van der Waals surface area contributed by atoms with E-state index in [2.05, 4.69) is 42.7 Å². The zero-order chi connectivity index (χ0) is 15.0. The summed E-state index contributed by atoms with van der Waals surface area (Å²) in [4.78, 5) is 0. The first-order valence-electron chi connectivity index (χ1n) is 7.57. The van der Waals surface area contributed by atoms with E-state index in [1.807, 2.05) is 0 Å². The Labute approximate surface area is 126 Å². The molecule has 1 aromatic carbocycles. The Kier molecular flexibility index (Phi) is 3.66. The van der Waals surface area contributed by atoms with Gasteiger partial charge in [-0.2, -0.15) is 0 Å². The molecule has 1 aliphatic heterocycles. The molecule has 0 N–H and O–H groups in total. The maximum atomic E-state index is 5.45. The lowest BCUT2D eigenvalue weighted by atomic mass is 9.97. The summed E-state index contributed by atoms with van der Waals surface area (Å²) in [6.45, 7) is 5.59. The third-order valence-corrected chi connectivity index (χ3v) is 4.18. The number of hydrogen-bond acceptors (Lipinski definition) is 2. The third-order valence-electron chi connectivity index (χ3n) is 4.18. The molecule has 0 fully saturated rings. The number of rotatable bonds is 4. The molecular weight excluding hydrogens is 262 g/mol. The van der Waals surface area contributed by atoms with Crippen LogP contribution in [0.3, 0.4) is 0 Å². The smallest absolute Gasteiger partial charge is 0.161 e. The van der Waals surface area contributed by atoms with Crippen molar-refractivity contribution in [3.05, 3.63) is 35.5 Å². The van der Waals surface area contributed by atoms with Crippen LogP contribution in [0.15, 0.2) is 24.3 Å². The molecule has 0 bridgehead atoms. The normalized spacial score (nSPS) is 13.0. The van der Waals surface area contributed by atoms with Gasteiger partial charge in [0.05, 0.1) is 14.2 Å². The van der Waals surface area contributed by atoms with E-state index < -0.39 is 0 Å². The average molecular weight is 285 g/mol. The lowest BCUT2D eigenvalue weighted by molar-refractivity contribution is 0.354. The minimum absolute atomic E-state index is 0.677. The van der Waals surface area contributed by atoms with Crippen molar-refractivity contribution in [1.82, 2.24) is 4.57 Å². The van der Waals surface area contributed by atoms with Gasteiger partial charge in [0.15, 0.2) is 11.5 Å². The number of ether oxygens (including phenoxy) is 2. The number of nitrogens with zero attached hydrogens (tertiary/aromatic N) is 1. The lowest BCUT2D eigenvalue weighted by Gasteiger charge is -2.23. The zero-order valence-electron chi connectivity index (χ0n) is 13.3. The van der Waals surface area contributed by atoms with Gasteiger partial charge in [-0.15, -0.1) is 0 Å². The fourth-order valence-electron chi connectivity index (χ4n) is 3.20. The first kappa shape index (κ1) is 14.1. The van der Waals surface area contributed by atoms with Crippen LogP contribution in [0.5, 0.6) is 11.5 Å². The summed E-state index contributed by atoms with van der Waals surface area (Å²) in [6, 6.07) is 8.73. The van der Waals surface area contributed by atoms with Crippen molar-refractivity contribution < 1.29 is 9.47 Å². The summed E-state index contributed by atoms with van der Waals surface area (Å²) in [7, 11) is 3.38. The van der Waals surface area contributed by atoms with E-state index in [-0.39, 0.29) is 0 Å². The van der Waals surface area contributed by atoms with Gasteiger partial charge in [-0.1, -0.05) is 13.8 Å². The lowest BCUT2D eigenvalue weighted by Crippen LogP contribution is -2.14. The van der Waals surface area contributed by atoms with Crippen LogP contribution in [0, 0.1) is 5.92 Å². The van der Waals surface area contributed by atoms with Gasteiger partial charge in [0.2, 0.25) is 0 Å². The average Bonchev–Trinajstić information content (AvgIpc) is 2.88. The van der Waals surface area contributed by atoms with Crippen molar-refractivity contribution in [1.29, 1.82) is 0 Å². The molecule has 0 unspecified atom stereocenters. The largest absolute Gasteiger partial charge is 0.493 e. The Morgan fingerprint density at radius 3 is 2.48 bits per heavy atom. The molecule has 0 atom stereocenters. The Hall–Kier alpha value is -1.90. The van der Waals surface area contributed by atoms with Gasteiger partial charge in [0.1, 0.15) is 0 Å². The van der Waals surface area contributed by atoms with Crippen molar-refractivity contribution in [2.24, 2.45) is 5.92 Å². The standard InChI is InChI=1S/C18H23NO2/c1-12(2)9-14-5-6-16-15-11-18(21-4)17(20-3)10-13(15)7-8-19(14)16/h5-6,10-12H,7-9H2,1-4H3. The Bertz CT molecular complexity index is 655. The summed E-state index contributed by atoms with van der Waals surface area (Å²) >= 11 is 0. The second kappa shape index (κ2) is 5.47. The molecule has 112 valence electrons. The van der Waals surface area contributed by atoms with Crippen LogP contribution in [0.1, 0.15) is 25.1 Å². The first-order valence-corrected chi connectivity index (χ1v) is 7.57. The summed E-state index contributed by atoms with van der Waals surface area (Å²) in [5.74, 6) is 2.30. The highest BCUT2D eigenvalue weighted by molar-refractivity contribution is 5.71. The van der Waals surface area contributed by atoms with Crippen LogP contribution in [-0.4, -0.2) is 18.8 Å². The molecular formula is C18H23NO2. The highest BCUT2D eigenvalue weighted by Crippen LogP contribution is 2.39. The van der Waals surface area contributed by atoms with Crippen LogP contribution < -0.4 is 9.47 Å². The van der Waals surface area contributed by atoms with Crippen LogP contribution in [0.25, 0.3) is 11.3 Å². The Morgan fingerprint density at radius 2 is 1.81 bits per heavy atom. The summed E-state index contributed by atoms with van der Waals surface area (Å²) in [6.07, 6.45) is 2.17. The maximum Gasteiger partial charge on any atom is 0.161 e. The molecule has 3 nitrogen and oxygen atoms in total. The van der Waals surface area contributed by atoms with Crippen molar-refractivity contribution in [3.8, 4) is 22.8 Å². The SMILES string of the molecule is COc1cc2c(cc1OC)-c1ccc(CC(C)C)n1CC2. The molecule has 2 aromatic rings. The number of methoxy groups -OCH3 is 2. The molecule has 0 spiro atoms. The number of hydrogen-bond donors (Lipinski definition) is 0. The first-order chi connectivity index (χ1) is 10.1. The van der Waals surface area contributed by atoms with Crippen molar-refractivity contribution in [2.45, 2.75) is 33.2 Å². The number of fused-ring (bicyclic) bond motifs is 3. The molecule has 21 heavy (non-hydrogen) atoms. The van der Waals surface area contributed by atoms with E-state index in [0.29, 0.717) is 5.92 Å². The molecule has 0 aliphatic carbocycles. The zero-order valence-corrected chi connectivity index (χ0v) is 13.3. The minimum atomic E-state index is 0.677. The van der Waals surface area contributed by atoms with Gasteiger partial charge in [-0.05, 0) is 48.6 Å². The molecule has 3 heteroatoms. The van der Waals surface area contributed by atoms with Crippen molar-refractivity contribution in [2.75, 3.05) is 14.2 Å². The third kappa shape index (κ3) is 2.41. The van der Waals surface area contributed by atoms with Gasteiger partial charge >= 0.3 is 0 Å². The van der Waals surface area contributed by atoms with E-state index in [1.54, 1.807) is 14.2 Å². The van der Waals surface area contributed by atoms with E-state index in [1.165, 1.54) is 22.5 Å².